The molecule has 4 nitrogen and oxygen atoms in total. The molecule has 0 fully saturated rings. The molecule has 0 atom stereocenters. The second kappa shape index (κ2) is 4.68. The number of aromatic nitrogens is 2. The zero-order valence-electron chi connectivity index (χ0n) is 9.97. The first-order valence-corrected chi connectivity index (χ1v) is 6.02. The highest BCUT2D eigenvalue weighted by atomic mass is 16.1. The minimum Gasteiger partial charge on any atom is -0.351 e. The summed E-state index contributed by atoms with van der Waals surface area (Å²) in [5.41, 5.74) is 2.88. The number of fused-ring (bicyclic) bond motifs is 1. The van der Waals surface area contributed by atoms with Gasteiger partial charge in [-0.25, -0.2) is 0 Å². The molecule has 2 N–H and O–H groups in total. The number of aryl methyl sites for hydroxylation is 1. The SMILES string of the molecule is CC(C)CCNC(=O)c1n[nH]c2c1CCC2. The van der Waals surface area contributed by atoms with Crippen LogP contribution in [-0.2, 0) is 12.8 Å². The molecule has 2 rings (SSSR count). The fourth-order valence-electron chi connectivity index (χ4n) is 2.07. The van der Waals surface area contributed by atoms with Gasteiger partial charge in [-0.1, -0.05) is 13.8 Å². The maximum absolute atomic E-state index is 11.9. The van der Waals surface area contributed by atoms with Crippen molar-refractivity contribution in [2.24, 2.45) is 5.92 Å². The Kier molecular flexibility index (Phi) is 3.27. The molecule has 1 aromatic heterocycles. The lowest BCUT2D eigenvalue weighted by Gasteiger charge is -2.06. The second-order valence-corrected chi connectivity index (χ2v) is 4.82. The highest BCUT2D eigenvalue weighted by Gasteiger charge is 2.22. The summed E-state index contributed by atoms with van der Waals surface area (Å²) in [5, 5.41) is 9.98. The lowest BCUT2D eigenvalue weighted by Crippen LogP contribution is -2.26. The summed E-state index contributed by atoms with van der Waals surface area (Å²) in [6, 6.07) is 0. The van der Waals surface area contributed by atoms with Gasteiger partial charge >= 0.3 is 0 Å². The first kappa shape index (κ1) is 11.2. The van der Waals surface area contributed by atoms with Gasteiger partial charge in [-0.05, 0) is 31.6 Å². The van der Waals surface area contributed by atoms with Gasteiger partial charge in [-0.3, -0.25) is 9.89 Å². The molecule has 1 aliphatic rings. The number of hydrogen-bond acceptors (Lipinski definition) is 2. The van der Waals surface area contributed by atoms with Gasteiger partial charge in [-0.2, -0.15) is 5.10 Å². The zero-order chi connectivity index (χ0) is 11.5. The van der Waals surface area contributed by atoms with E-state index in [4.69, 9.17) is 0 Å². The Labute approximate surface area is 95.8 Å². The largest absolute Gasteiger partial charge is 0.351 e. The van der Waals surface area contributed by atoms with Crippen molar-refractivity contribution in [3.05, 3.63) is 17.0 Å². The maximum Gasteiger partial charge on any atom is 0.272 e. The monoisotopic (exact) mass is 221 g/mol. The molecule has 0 saturated carbocycles. The van der Waals surface area contributed by atoms with Crippen LogP contribution in [0, 0.1) is 5.92 Å². The highest BCUT2D eigenvalue weighted by molar-refractivity contribution is 5.94. The molecule has 0 saturated heterocycles. The van der Waals surface area contributed by atoms with Gasteiger partial charge in [0.25, 0.3) is 5.91 Å². The number of carbonyl (C=O) groups excluding carboxylic acids is 1. The molecule has 1 amide bonds. The minimum atomic E-state index is -0.0277. The molecule has 88 valence electrons. The number of amides is 1. The van der Waals surface area contributed by atoms with E-state index in [9.17, 15) is 4.79 Å². The fraction of sp³-hybridized carbons (Fsp3) is 0.667. The number of aromatic amines is 1. The molecule has 0 unspecified atom stereocenters. The molecule has 1 heterocycles. The van der Waals surface area contributed by atoms with Gasteiger partial charge in [0.05, 0.1) is 0 Å². The summed E-state index contributed by atoms with van der Waals surface area (Å²) in [7, 11) is 0. The van der Waals surface area contributed by atoms with E-state index >= 15 is 0 Å². The Morgan fingerprint density at radius 1 is 1.50 bits per heavy atom. The summed E-state index contributed by atoms with van der Waals surface area (Å²) in [6.07, 6.45) is 4.16. The Morgan fingerprint density at radius 3 is 3.06 bits per heavy atom. The van der Waals surface area contributed by atoms with Gasteiger partial charge in [0.1, 0.15) is 0 Å². The summed E-state index contributed by atoms with van der Waals surface area (Å²) in [4.78, 5) is 11.9. The van der Waals surface area contributed by atoms with Crippen molar-refractivity contribution in [3.8, 4) is 0 Å². The minimum absolute atomic E-state index is 0.0277. The molecule has 0 spiro atoms. The Bertz CT molecular complexity index is 382. The van der Waals surface area contributed by atoms with Crippen molar-refractivity contribution in [1.82, 2.24) is 15.5 Å². The van der Waals surface area contributed by atoms with E-state index in [1.54, 1.807) is 0 Å². The number of rotatable bonds is 4. The predicted molar refractivity (Wildman–Crippen MR) is 62.4 cm³/mol. The van der Waals surface area contributed by atoms with Crippen LogP contribution in [-0.4, -0.2) is 22.6 Å². The van der Waals surface area contributed by atoms with Gasteiger partial charge in [0.15, 0.2) is 5.69 Å². The van der Waals surface area contributed by atoms with Crippen molar-refractivity contribution in [3.63, 3.8) is 0 Å². The van der Waals surface area contributed by atoms with Crippen LogP contribution in [0.25, 0.3) is 0 Å². The molecule has 0 aromatic carbocycles. The molecule has 0 aliphatic heterocycles. The predicted octanol–water partition coefficient (Wildman–Crippen LogP) is 1.67. The first-order valence-electron chi connectivity index (χ1n) is 6.02. The third-order valence-corrected chi connectivity index (χ3v) is 3.03. The van der Waals surface area contributed by atoms with E-state index in [1.165, 1.54) is 0 Å². The molecule has 1 aliphatic carbocycles. The smallest absolute Gasteiger partial charge is 0.272 e. The lowest BCUT2D eigenvalue weighted by molar-refractivity contribution is 0.0946. The molecule has 4 heteroatoms. The molecule has 0 bridgehead atoms. The second-order valence-electron chi connectivity index (χ2n) is 4.82. The van der Waals surface area contributed by atoms with Crippen molar-refractivity contribution < 1.29 is 4.79 Å². The zero-order valence-corrected chi connectivity index (χ0v) is 9.97. The quantitative estimate of drug-likeness (QED) is 0.812. The van der Waals surface area contributed by atoms with E-state index in [0.717, 1.165) is 43.5 Å². The van der Waals surface area contributed by atoms with E-state index in [0.29, 0.717) is 11.6 Å². The third-order valence-electron chi connectivity index (χ3n) is 3.03. The molecular formula is C12H19N3O. The van der Waals surface area contributed by atoms with Crippen molar-refractivity contribution in [2.45, 2.75) is 39.5 Å². The topological polar surface area (TPSA) is 57.8 Å². The molecular weight excluding hydrogens is 202 g/mol. The van der Waals surface area contributed by atoms with Gasteiger partial charge in [-0.15, -0.1) is 0 Å². The van der Waals surface area contributed by atoms with E-state index < -0.39 is 0 Å². The number of nitrogens with one attached hydrogen (secondary N) is 2. The molecule has 16 heavy (non-hydrogen) atoms. The average Bonchev–Trinajstić information content (AvgIpc) is 2.76. The summed E-state index contributed by atoms with van der Waals surface area (Å²) >= 11 is 0. The molecule has 1 aromatic rings. The van der Waals surface area contributed by atoms with Gasteiger partial charge < -0.3 is 5.32 Å². The van der Waals surface area contributed by atoms with Crippen molar-refractivity contribution >= 4 is 5.91 Å². The van der Waals surface area contributed by atoms with Crippen LogP contribution in [0.5, 0.6) is 0 Å². The summed E-state index contributed by atoms with van der Waals surface area (Å²) < 4.78 is 0. The number of hydrogen-bond donors (Lipinski definition) is 2. The number of nitrogens with zero attached hydrogens (tertiary/aromatic N) is 1. The lowest BCUT2D eigenvalue weighted by atomic mass is 10.1. The van der Waals surface area contributed by atoms with E-state index in [1.807, 2.05) is 0 Å². The third kappa shape index (κ3) is 2.26. The van der Waals surface area contributed by atoms with E-state index in [2.05, 4.69) is 29.4 Å². The van der Waals surface area contributed by atoms with Crippen molar-refractivity contribution in [2.75, 3.05) is 6.54 Å². The van der Waals surface area contributed by atoms with Crippen LogP contribution < -0.4 is 5.32 Å². The number of H-pyrrole nitrogens is 1. The van der Waals surface area contributed by atoms with Crippen LogP contribution in [0.3, 0.4) is 0 Å². The summed E-state index contributed by atoms with van der Waals surface area (Å²) in [5.74, 6) is 0.588. The Balaban J connectivity index is 1.94. The maximum atomic E-state index is 11.9. The molecule has 0 radical (unpaired) electrons. The standard InChI is InChI=1S/C12H19N3O/c1-8(2)6-7-13-12(16)11-9-4-3-5-10(9)14-15-11/h8H,3-7H2,1-2H3,(H,13,16)(H,14,15). The van der Waals surface area contributed by atoms with Crippen LogP contribution >= 0.6 is 0 Å². The Morgan fingerprint density at radius 2 is 2.31 bits per heavy atom. The van der Waals surface area contributed by atoms with Crippen LogP contribution in [0.2, 0.25) is 0 Å². The van der Waals surface area contributed by atoms with Gasteiger partial charge in [0.2, 0.25) is 0 Å². The summed E-state index contributed by atoms with van der Waals surface area (Å²) in [6.45, 7) is 5.04. The number of carbonyl (C=O) groups is 1. The first-order chi connectivity index (χ1) is 7.68. The van der Waals surface area contributed by atoms with Crippen molar-refractivity contribution in [1.29, 1.82) is 0 Å². The Hall–Kier alpha value is -1.32. The normalized spacial score (nSPS) is 14.2. The highest BCUT2D eigenvalue weighted by Crippen LogP contribution is 2.22. The van der Waals surface area contributed by atoms with Crippen LogP contribution in [0.4, 0.5) is 0 Å². The fourth-order valence-corrected chi connectivity index (χ4v) is 2.07. The van der Waals surface area contributed by atoms with Gasteiger partial charge in [0, 0.05) is 17.8 Å². The van der Waals surface area contributed by atoms with E-state index in [-0.39, 0.29) is 5.91 Å². The van der Waals surface area contributed by atoms with Crippen LogP contribution in [0.1, 0.15) is 48.4 Å². The van der Waals surface area contributed by atoms with Crippen LogP contribution in [0.15, 0.2) is 0 Å². The average molecular weight is 221 g/mol.